The van der Waals surface area contributed by atoms with Crippen LogP contribution in [0.4, 0.5) is 0 Å². The first kappa shape index (κ1) is 20.3. The maximum atomic E-state index is 12.1. The molecule has 8 nitrogen and oxygen atoms in total. The van der Waals surface area contributed by atoms with Crippen LogP contribution in [0.2, 0.25) is 0 Å². The lowest BCUT2D eigenvalue weighted by atomic mass is 10.1. The molecule has 29 heavy (non-hydrogen) atoms. The van der Waals surface area contributed by atoms with E-state index in [1.54, 1.807) is 24.3 Å². The number of hydrogen-bond acceptors (Lipinski definition) is 7. The van der Waals surface area contributed by atoms with Crippen molar-refractivity contribution in [1.29, 1.82) is 0 Å². The van der Waals surface area contributed by atoms with Crippen molar-refractivity contribution < 1.29 is 33.3 Å². The molecule has 0 aliphatic carbocycles. The van der Waals surface area contributed by atoms with Crippen molar-refractivity contribution in [2.45, 2.75) is 19.4 Å². The third-order valence-corrected chi connectivity index (χ3v) is 4.43. The Morgan fingerprint density at radius 1 is 1.03 bits per heavy atom. The number of ether oxygens (including phenoxy) is 5. The van der Waals surface area contributed by atoms with Crippen molar-refractivity contribution in [3.63, 3.8) is 0 Å². The zero-order valence-corrected chi connectivity index (χ0v) is 16.5. The summed E-state index contributed by atoms with van der Waals surface area (Å²) in [5.74, 6) is 1.51. The molecule has 0 aromatic heterocycles. The fraction of sp³-hybridized carbons (Fsp3) is 0.333. The van der Waals surface area contributed by atoms with E-state index in [2.05, 4.69) is 5.32 Å². The number of amides is 1. The number of nitrogens with one attached hydrogen (secondary N) is 1. The molecule has 0 saturated carbocycles. The highest BCUT2D eigenvalue weighted by Crippen LogP contribution is 2.34. The van der Waals surface area contributed by atoms with E-state index in [0.717, 1.165) is 5.56 Å². The first-order valence-electron chi connectivity index (χ1n) is 9.05. The van der Waals surface area contributed by atoms with Crippen LogP contribution in [0, 0.1) is 0 Å². The minimum Gasteiger partial charge on any atom is -0.493 e. The Kier molecular flexibility index (Phi) is 6.43. The molecule has 1 heterocycles. The van der Waals surface area contributed by atoms with E-state index in [1.807, 2.05) is 19.1 Å². The summed E-state index contributed by atoms with van der Waals surface area (Å²) in [5, 5.41) is 2.79. The van der Waals surface area contributed by atoms with Gasteiger partial charge in [0.25, 0.3) is 5.91 Å². The Morgan fingerprint density at radius 3 is 2.55 bits per heavy atom. The van der Waals surface area contributed by atoms with Crippen molar-refractivity contribution in [2.75, 3.05) is 27.6 Å². The molecule has 2 aromatic carbocycles. The molecule has 1 atom stereocenters. The predicted octanol–water partition coefficient (Wildman–Crippen LogP) is 2.40. The van der Waals surface area contributed by atoms with Crippen LogP contribution in [-0.2, 0) is 20.7 Å². The van der Waals surface area contributed by atoms with E-state index < -0.39 is 11.9 Å². The molecular formula is C21H23NO7. The second kappa shape index (κ2) is 9.18. The lowest BCUT2D eigenvalue weighted by Gasteiger charge is -2.15. The normalized spacial score (nSPS) is 12.8. The van der Waals surface area contributed by atoms with E-state index in [1.165, 1.54) is 14.2 Å². The molecule has 8 heteroatoms. The summed E-state index contributed by atoms with van der Waals surface area (Å²) in [7, 11) is 3.06. The molecule has 1 N–H and O–H groups in total. The molecule has 1 unspecified atom stereocenters. The maximum absolute atomic E-state index is 12.1. The first-order valence-corrected chi connectivity index (χ1v) is 9.05. The van der Waals surface area contributed by atoms with Crippen LogP contribution in [0.3, 0.4) is 0 Å². The predicted molar refractivity (Wildman–Crippen MR) is 103 cm³/mol. The van der Waals surface area contributed by atoms with Crippen molar-refractivity contribution in [1.82, 2.24) is 5.32 Å². The van der Waals surface area contributed by atoms with Gasteiger partial charge in [-0.2, -0.15) is 0 Å². The number of benzene rings is 2. The first-order chi connectivity index (χ1) is 14.0. The van der Waals surface area contributed by atoms with Crippen molar-refractivity contribution >= 4 is 11.9 Å². The van der Waals surface area contributed by atoms with Gasteiger partial charge in [-0.25, -0.2) is 0 Å². The summed E-state index contributed by atoms with van der Waals surface area (Å²) >= 11 is 0. The highest BCUT2D eigenvalue weighted by molar-refractivity contribution is 5.81. The fourth-order valence-corrected chi connectivity index (χ4v) is 2.90. The van der Waals surface area contributed by atoms with Crippen LogP contribution in [-0.4, -0.2) is 39.5 Å². The van der Waals surface area contributed by atoms with Gasteiger partial charge < -0.3 is 29.0 Å². The van der Waals surface area contributed by atoms with Gasteiger partial charge in [0, 0.05) is 0 Å². The largest absolute Gasteiger partial charge is 0.493 e. The zero-order valence-electron chi connectivity index (χ0n) is 16.5. The zero-order chi connectivity index (χ0) is 20.8. The molecule has 0 fully saturated rings. The Morgan fingerprint density at radius 2 is 1.79 bits per heavy atom. The molecule has 1 amide bonds. The molecule has 154 valence electrons. The average molecular weight is 401 g/mol. The maximum Gasteiger partial charge on any atom is 0.310 e. The quantitative estimate of drug-likeness (QED) is 0.679. The number of methoxy groups -OCH3 is 2. The van der Waals surface area contributed by atoms with Crippen LogP contribution in [0.25, 0.3) is 0 Å². The molecule has 1 aliphatic heterocycles. The van der Waals surface area contributed by atoms with E-state index in [-0.39, 0.29) is 25.9 Å². The van der Waals surface area contributed by atoms with Gasteiger partial charge in [-0.1, -0.05) is 12.1 Å². The summed E-state index contributed by atoms with van der Waals surface area (Å²) in [6, 6.07) is 10.3. The SMILES string of the molecule is COc1ccc(CC(=O)OCC(=O)NC(C)c2ccc3c(c2)OCO3)cc1OC. The molecule has 0 bridgehead atoms. The minimum absolute atomic E-state index is 0.0192. The van der Waals surface area contributed by atoms with Gasteiger partial charge in [0.15, 0.2) is 29.6 Å². The Hall–Kier alpha value is -3.42. The summed E-state index contributed by atoms with van der Waals surface area (Å²) in [6.07, 6.45) is 0.0192. The molecular weight excluding hydrogens is 378 g/mol. The highest BCUT2D eigenvalue weighted by Gasteiger charge is 2.17. The van der Waals surface area contributed by atoms with Crippen LogP contribution < -0.4 is 24.3 Å². The van der Waals surface area contributed by atoms with Crippen LogP contribution >= 0.6 is 0 Å². The standard InChI is InChI=1S/C21H23NO7/c1-13(15-5-7-17-19(10-15)29-12-28-17)22-20(23)11-27-21(24)9-14-4-6-16(25-2)18(8-14)26-3/h4-8,10,13H,9,11-12H2,1-3H3,(H,22,23). The molecule has 0 radical (unpaired) electrons. The van der Waals surface area contributed by atoms with Gasteiger partial charge in [-0.05, 0) is 42.3 Å². The Bertz CT molecular complexity index is 897. The van der Waals surface area contributed by atoms with Gasteiger partial charge in [0.05, 0.1) is 26.7 Å². The van der Waals surface area contributed by atoms with Gasteiger partial charge in [-0.15, -0.1) is 0 Å². The van der Waals surface area contributed by atoms with Gasteiger partial charge in [-0.3, -0.25) is 9.59 Å². The van der Waals surface area contributed by atoms with Crippen molar-refractivity contribution in [3.8, 4) is 23.0 Å². The highest BCUT2D eigenvalue weighted by atomic mass is 16.7. The monoisotopic (exact) mass is 401 g/mol. The van der Waals surface area contributed by atoms with Gasteiger partial charge in [0.2, 0.25) is 6.79 Å². The van der Waals surface area contributed by atoms with Crippen LogP contribution in [0.1, 0.15) is 24.1 Å². The molecule has 2 aromatic rings. The lowest BCUT2D eigenvalue weighted by Crippen LogP contribution is -2.31. The fourth-order valence-electron chi connectivity index (χ4n) is 2.90. The van der Waals surface area contributed by atoms with E-state index >= 15 is 0 Å². The second-order valence-electron chi connectivity index (χ2n) is 6.43. The van der Waals surface area contributed by atoms with Crippen LogP contribution in [0.15, 0.2) is 36.4 Å². The van der Waals surface area contributed by atoms with Gasteiger partial charge >= 0.3 is 5.97 Å². The summed E-state index contributed by atoms with van der Waals surface area (Å²) in [5.41, 5.74) is 1.56. The number of fused-ring (bicyclic) bond motifs is 1. The third kappa shape index (κ3) is 5.10. The number of carbonyl (C=O) groups excluding carboxylic acids is 2. The smallest absolute Gasteiger partial charge is 0.310 e. The minimum atomic E-state index is -0.511. The van der Waals surface area contributed by atoms with E-state index in [4.69, 9.17) is 23.7 Å². The Balaban J connectivity index is 1.48. The molecule has 0 spiro atoms. The Labute approximate surface area is 168 Å². The third-order valence-electron chi connectivity index (χ3n) is 4.43. The second-order valence-corrected chi connectivity index (χ2v) is 6.43. The number of hydrogen-bond donors (Lipinski definition) is 1. The van der Waals surface area contributed by atoms with Crippen LogP contribution in [0.5, 0.6) is 23.0 Å². The summed E-state index contributed by atoms with van der Waals surface area (Å²) in [4.78, 5) is 24.2. The topological polar surface area (TPSA) is 92.3 Å². The van der Waals surface area contributed by atoms with E-state index in [9.17, 15) is 9.59 Å². The number of rotatable bonds is 8. The molecule has 3 rings (SSSR count). The summed E-state index contributed by atoms with van der Waals surface area (Å²) < 4.78 is 26.1. The molecule has 1 aliphatic rings. The number of carbonyl (C=O) groups is 2. The van der Waals surface area contributed by atoms with Crippen molar-refractivity contribution in [3.05, 3.63) is 47.5 Å². The van der Waals surface area contributed by atoms with Gasteiger partial charge in [0.1, 0.15) is 0 Å². The van der Waals surface area contributed by atoms with E-state index in [0.29, 0.717) is 28.6 Å². The average Bonchev–Trinajstić information content (AvgIpc) is 3.20. The molecule has 0 saturated heterocycles. The lowest BCUT2D eigenvalue weighted by molar-refractivity contribution is -0.148. The number of esters is 1. The summed E-state index contributed by atoms with van der Waals surface area (Å²) in [6.45, 7) is 1.66. The van der Waals surface area contributed by atoms with Crippen molar-refractivity contribution in [2.24, 2.45) is 0 Å².